The van der Waals surface area contributed by atoms with Crippen LogP contribution >= 0.6 is 0 Å². The molecule has 1 amide bonds. The summed E-state index contributed by atoms with van der Waals surface area (Å²) in [5.74, 6) is 0.358. The number of hydrogen-bond acceptors (Lipinski definition) is 5. The van der Waals surface area contributed by atoms with Crippen LogP contribution in [0.2, 0.25) is 0 Å². The molecule has 6 heteroatoms. The number of hydrogen-bond donors (Lipinski definition) is 1. The molecule has 0 unspecified atom stereocenters. The predicted octanol–water partition coefficient (Wildman–Crippen LogP) is 2.84. The number of carbonyl (C=O) groups is 1. The molecule has 0 bridgehead atoms. The highest BCUT2D eigenvalue weighted by molar-refractivity contribution is 5.92. The molecule has 2 aromatic heterocycles. The van der Waals surface area contributed by atoms with Crippen molar-refractivity contribution in [2.75, 3.05) is 25.5 Å². The van der Waals surface area contributed by atoms with Gasteiger partial charge in [-0.25, -0.2) is 9.97 Å². The second kappa shape index (κ2) is 9.43. The predicted molar refractivity (Wildman–Crippen MR) is 106 cm³/mol. The van der Waals surface area contributed by atoms with Crippen LogP contribution in [0.15, 0.2) is 67.1 Å². The quantitative estimate of drug-likeness (QED) is 0.668. The Kier molecular flexibility index (Phi) is 6.46. The van der Waals surface area contributed by atoms with Crippen LogP contribution in [-0.2, 0) is 12.8 Å². The summed E-state index contributed by atoms with van der Waals surface area (Å²) in [5, 5.41) is 3.19. The minimum Gasteiger partial charge on any atom is -0.354 e. The molecule has 1 aromatic carbocycles. The summed E-state index contributed by atoms with van der Waals surface area (Å²) in [6.07, 6.45) is 6.78. The van der Waals surface area contributed by atoms with E-state index in [4.69, 9.17) is 0 Å². The van der Waals surface area contributed by atoms with Gasteiger partial charge in [0.1, 0.15) is 5.69 Å². The van der Waals surface area contributed by atoms with E-state index in [-0.39, 0.29) is 5.91 Å². The molecule has 0 atom stereocenters. The number of anilines is 1. The smallest absolute Gasteiger partial charge is 0.272 e. The monoisotopic (exact) mass is 361 g/mol. The van der Waals surface area contributed by atoms with Crippen LogP contribution in [0.3, 0.4) is 0 Å². The van der Waals surface area contributed by atoms with Gasteiger partial charge >= 0.3 is 0 Å². The molecular formula is C21H23N5O. The first-order chi connectivity index (χ1) is 13.2. The molecule has 2 heterocycles. The van der Waals surface area contributed by atoms with Crippen molar-refractivity contribution >= 4 is 11.9 Å². The average molecular weight is 361 g/mol. The summed E-state index contributed by atoms with van der Waals surface area (Å²) in [4.78, 5) is 26.9. The number of benzene rings is 1. The Morgan fingerprint density at radius 2 is 1.70 bits per heavy atom. The van der Waals surface area contributed by atoms with E-state index in [1.807, 2.05) is 30.3 Å². The Hall–Kier alpha value is -3.28. The maximum Gasteiger partial charge on any atom is 0.272 e. The van der Waals surface area contributed by atoms with Gasteiger partial charge in [-0.05, 0) is 42.2 Å². The maximum absolute atomic E-state index is 12.6. The SMILES string of the molecule is CN(CCc1ccncc1)C(=O)c1ccnc(NCCc2ccccc2)n1. The highest BCUT2D eigenvalue weighted by Gasteiger charge is 2.14. The summed E-state index contributed by atoms with van der Waals surface area (Å²) >= 11 is 0. The molecule has 3 rings (SSSR count). The Morgan fingerprint density at radius 3 is 2.48 bits per heavy atom. The Balaban J connectivity index is 1.53. The third-order valence-electron chi connectivity index (χ3n) is 4.25. The van der Waals surface area contributed by atoms with Crippen LogP contribution in [0.25, 0.3) is 0 Å². The number of aromatic nitrogens is 3. The Bertz CT molecular complexity index is 855. The lowest BCUT2D eigenvalue weighted by Gasteiger charge is -2.17. The number of pyridine rings is 1. The van der Waals surface area contributed by atoms with E-state index in [0.717, 1.165) is 18.4 Å². The van der Waals surface area contributed by atoms with Crippen molar-refractivity contribution in [2.24, 2.45) is 0 Å². The molecule has 0 radical (unpaired) electrons. The van der Waals surface area contributed by atoms with E-state index >= 15 is 0 Å². The van der Waals surface area contributed by atoms with E-state index < -0.39 is 0 Å². The van der Waals surface area contributed by atoms with E-state index in [1.165, 1.54) is 5.56 Å². The number of nitrogens with zero attached hydrogens (tertiary/aromatic N) is 4. The maximum atomic E-state index is 12.6. The van der Waals surface area contributed by atoms with E-state index in [9.17, 15) is 4.79 Å². The van der Waals surface area contributed by atoms with Gasteiger partial charge in [0.25, 0.3) is 5.91 Å². The minimum absolute atomic E-state index is 0.113. The number of likely N-dealkylation sites (N-methyl/N-ethyl adjacent to an activating group) is 1. The lowest BCUT2D eigenvalue weighted by atomic mass is 10.1. The van der Waals surface area contributed by atoms with Crippen molar-refractivity contribution in [3.05, 3.63) is 83.9 Å². The van der Waals surface area contributed by atoms with Crippen LogP contribution in [0.4, 0.5) is 5.95 Å². The van der Waals surface area contributed by atoms with Gasteiger partial charge < -0.3 is 10.2 Å². The van der Waals surface area contributed by atoms with Crippen molar-refractivity contribution in [1.82, 2.24) is 19.9 Å². The van der Waals surface area contributed by atoms with Gasteiger partial charge in [-0.15, -0.1) is 0 Å². The minimum atomic E-state index is -0.113. The van der Waals surface area contributed by atoms with Crippen LogP contribution in [0, 0.1) is 0 Å². The van der Waals surface area contributed by atoms with Gasteiger partial charge in [-0.1, -0.05) is 30.3 Å². The molecule has 0 aliphatic carbocycles. The first-order valence-electron chi connectivity index (χ1n) is 8.97. The van der Waals surface area contributed by atoms with Crippen LogP contribution in [-0.4, -0.2) is 45.9 Å². The second-order valence-corrected chi connectivity index (χ2v) is 6.26. The molecule has 0 saturated heterocycles. The van der Waals surface area contributed by atoms with E-state index in [1.54, 1.807) is 36.6 Å². The van der Waals surface area contributed by atoms with Crippen molar-refractivity contribution in [2.45, 2.75) is 12.8 Å². The van der Waals surface area contributed by atoms with Gasteiger partial charge in [0.15, 0.2) is 0 Å². The number of rotatable bonds is 8. The number of amides is 1. The van der Waals surface area contributed by atoms with Crippen LogP contribution < -0.4 is 5.32 Å². The molecule has 0 saturated carbocycles. The number of nitrogens with one attached hydrogen (secondary N) is 1. The van der Waals surface area contributed by atoms with Crippen molar-refractivity contribution in [1.29, 1.82) is 0 Å². The van der Waals surface area contributed by atoms with Crippen molar-refractivity contribution in [3.63, 3.8) is 0 Å². The molecule has 3 aromatic rings. The molecule has 1 N–H and O–H groups in total. The summed E-state index contributed by atoms with van der Waals surface area (Å²) in [6, 6.07) is 15.8. The molecule has 0 aliphatic rings. The highest BCUT2D eigenvalue weighted by atomic mass is 16.2. The largest absolute Gasteiger partial charge is 0.354 e. The van der Waals surface area contributed by atoms with Crippen LogP contribution in [0.5, 0.6) is 0 Å². The third-order valence-corrected chi connectivity index (χ3v) is 4.25. The standard InChI is InChI=1S/C21H23N5O/c1-26(16-11-18-7-12-22-13-8-18)20(27)19-10-15-24-21(25-19)23-14-9-17-5-3-2-4-6-17/h2-8,10,12-13,15H,9,11,14,16H2,1H3,(H,23,24,25). The van der Waals surface area contributed by atoms with Gasteiger partial charge in [0.05, 0.1) is 0 Å². The second-order valence-electron chi connectivity index (χ2n) is 6.26. The molecule has 0 spiro atoms. The van der Waals surface area contributed by atoms with Crippen molar-refractivity contribution in [3.8, 4) is 0 Å². The fraction of sp³-hybridized carbons (Fsp3) is 0.238. The fourth-order valence-electron chi connectivity index (χ4n) is 2.67. The summed E-state index contributed by atoms with van der Waals surface area (Å²) < 4.78 is 0. The first kappa shape index (κ1) is 18.5. The van der Waals surface area contributed by atoms with Crippen LogP contribution in [0.1, 0.15) is 21.6 Å². The normalized spacial score (nSPS) is 10.4. The van der Waals surface area contributed by atoms with Crippen molar-refractivity contribution < 1.29 is 4.79 Å². The van der Waals surface area contributed by atoms with Gasteiger partial charge in [-0.2, -0.15) is 0 Å². The van der Waals surface area contributed by atoms with Gasteiger partial charge in [0.2, 0.25) is 5.95 Å². The van der Waals surface area contributed by atoms with E-state index in [2.05, 4.69) is 32.4 Å². The molecule has 27 heavy (non-hydrogen) atoms. The third kappa shape index (κ3) is 5.60. The molecular weight excluding hydrogens is 338 g/mol. The number of carbonyl (C=O) groups excluding carboxylic acids is 1. The lowest BCUT2D eigenvalue weighted by Crippen LogP contribution is -2.29. The van der Waals surface area contributed by atoms with Gasteiger partial charge in [0, 0.05) is 38.7 Å². The first-order valence-corrected chi connectivity index (χ1v) is 8.97. The zero-order valence-electron chi connectivity index (χ0n) is 15.4. The lowest BCUT2D eigenvalue weighted by molar-refractivity contribution is 0.0791. The fourth-order valence-corrected chi connectivity index (χ4v) is 2.67. The molecule has 6 nitrogen and oxygen atoms in total. The molecule has 138 valence electrons. The topological polar surface area (TPSA) is 71.0 Å². The summed E-state index contributed by atoms with van der Waals surface area (Å²) in [5.41, 5.74) is 2.79. The Labute approximate surface area is 159 Å². The zero-order valence-corrected chi connectivity index (χ0v) is 15.4. The Morgan fingerprint density at radius 1 is 0.963 bits per heavy atom. The summed E-state index contributed by atoms with van der Waals surface area (Å²) in [6.45, 7) is 1.32. The molecule has 0 aliphatic heterocycles. The molecule has 0 fully saturated rings. The zero-order chi connectivity index (χ0) is 18.9. The van der Waals surface area contributed by atoms with Gasteiger partial charge in [-0.3, -0.25) is 9.78 Å². The average Bonchev–Trinajstić information content (AvgIpc) is 2.73. The highest BCUT2D eigenvalue weighted by Crippen LogP contribution is 2.06. The summed E-state index contributed by atoms with van der Waals surface area (Å²) in [7, 11) is 1.79. The van der Waals surface area contributed by atoms with E-state index in [0.29, 0.717) is 24.7 Å².